The number of ketones is 1. The number of aryl methyl sites for hydroxylation is 1. The maximum Gasteiger partial charge on any atom is 0.329 e. The van der Waals surface area contributed by atoms with Crippen molar-refractivity contribution in [1.29, 1.82) is 0 Å². The van der Waals surface area contributed by atoms with Crippen molar-refractivity contribution in [3.63, 3.8) is 0 Å². The van der Waals surface area contributed by atoms with E-state index in [-0.39, 0.29) is 5.56 Å². The van der Waals surface area contributed by atoms with Gasteiger partial charge in [-0.15, -0.1) is 11.3 Å². The van der Waals surface area contributed by atoms with Gasteiger partial charge >= 0.3 is 5.69 Å². The number of aromatic nitrogens is 2. The predicted octanol–water partition coefficient (Wildman–Crippen LogP) is 4.40. The van der Waals surface area contributed by atoms with Crippen molar-refractivity contribution in [3.8, 4) is 11.1 Å². The van der Waals surface area contributed by atoms with Crippen LogP contribution in [-0.4, -0.2) is 15.3 Å². The predicted molar refractivity (Wildman–Crippen MR) is 113 cm³/mol. The Bertz CT molecular complexity index is 1370. The molecule has 0 atom stereocenters. The number of rotatable bonds is 4. The molecule has 2 aromatic heterocycles. The van der Waals surface area contributed by atoms with Gasteiger partial charge in [0.25, 0.3) is 5.56 Å². The topological polar surface area (TPSA) is 71.9 Å². The molecule has 0 unspecified atom stereocenters. The first-order valence-electron chi connectivity index (χ1n) is 8.65. The third-order valence-corrected chi connectivity index (χ3v) is 5.80. The number of H-pyrrole nitrogens is 1. The van der Waals surface area contributed by atoms with E-state index in [2.05, 4.69) is 4.98 Å². The minimum atomic E-state index is -0.667. The lowest BCUT2D eigenvalue weighted by atomic mass is 10.1. The van der Waals surface area contributed by atoms with Gasteiger partial charge in [-0.05, 0) is 48.4 Å². The van der Waals surface area contributed by atoms with E-state index in [1.54, 1.807) is 36.6 Å². The van der Waals surface area contributed by atoms with Crippen LogP contribution in [0.1, 0.15) is 15.9 Å². The fraction of sp³-hybridized carbons (Fsp3) is 0.0952. The van der Waals surface area contributed by atoms with Crippen molar-refractivity contribution < 1.29 is 9.18 Å². The van der Waals surface area contributed by atoms with Gasteiger partial charge in [0, 0.05) is 21.5 Å². The molecule has 0 aliphatic carbocycles. The minimum Gasteiger partial charge on any atom is -0.298 e. The molecule has 5 nitrogen and oxygen atoms in total. The Labute approximate surface area is 173 Å². The number of hydrogen-bond acceptors (Lipinski definition) is 4. The third kappa shape index (κ3) is 3.54. The molecular formula is C21H14ClFN2O3S. The molecule has 4 rings (SSSR count). The Hall–Kier alpha value is -3.03. The zero-order valence-corrected chi connectivity index (χ0v) is 16.7. The van der Waals surface area contributed by atoms with Crippen LogP contribution in [0.4, 0.5) is 4.39 Å². The van der Waals surface area contributed by atoms with Crippen LogP contribution in [-0.2, 0) is 6.54 Å². The first kappa shape index (κ1) is 19.3. The number of fused-ring (bicyclic) bond motifs is 1. The molecule has 1 N–H and O–H groups in total. The smallest absolute Gasteiger partial charge is 0.298 e. The van der Waals surface area contributed by atoms with Gasteiger partial charge in [-0.1, -0.05) is 23.7 Å². The van der Waals surface area contributed by atoms with Crippen molar-refractivity contribution in [1.82, 2.24) is 9.55 Å². The second kappa shape index (κ2) is 7.42. The van der Waals surface area contributed by atoms with E-state index in [1.807, 2.05) is 0 Å². The number of hydrogen-bond donors (Lipinski definition) is 1. The van der Waals surface area contributed by atoms with E-state index in [0.717, 1.165) is 10.1 Å². The summed E-state index contributed by atoms with van der Waals surface area (Å²) in [5.74, 6) is -0.882. The molecule has 4 aromatic rings. The third-order valence-electron chi connectivity index (χ3n) is 4.65. The first-order valence-corrected chi connectivity index (χ1v) is 9.90. The van der Waals surface area contributed by atoms with Gasteiger partial charge < -0.3 is 0 Å². The standard InChI is InChI=1S/C21H14ClFN2O3S/c1-11-8-13(4-7-16(11)23)17(26)9-25-20(27)18-15(10-29-19(18)24-21(25)28)12-2-5-14(22)6-3-12/h2-8,10H,9H2,1H3,(H,24,28). The molecule has 0 saturated heterocycles. The number of nitrogens with one attached hydrogen (secondary N) is 1. The SMILES string of the molecule is Cc1cc(C(=O)Cn2c(=O)[nH]c3scc(-c4ccc(Cl)cc4)c3c2=O)ccc1F. The quantitative estimate of drug-likeness (QED) is 0.489. The Morgan fingerprint density at radius 2 is 1.90 bits per heavy atom. The van der Waals surface area contributed by atoms with Gasteiger partial charge in [-0.25, -0.2) is 9.18 Å². The molecule has 0 spiro atoms. The highest BCUT2D eigenvalue weighted by atomic mass is 35.5. The van der Waals surface area contributed by atoms with Crippen LogP contribution in [0, 0.1) is 12.7 Å². The first-order chi connectivity index (χ1) is 13.8. The van der Waals surface area contributed by atoms with Crippen molar-refractivity contribution in [2.75, 3.05) is 0 Å². The Kier molecular flexibility index (Phi) is 4.94. The monoisotopic (exact) mass is 428 g/mol. The summed E-state index contributed by atoms with van der Waals surface area (Å²) >= 11 is 7.17. The number of carbonyl (C=O) groups excluding carboxylic acids is 1. The molecule has 0 aliphatic rings. The van der Waals surface area contributed by atoms with Crippen LogP contribution in [0.5, 0.6) is 0 Å². The summed E-state index contributed by atoms with van der Waals surface area (Å²) in [7, 11) is 0. The van der Waals surface area contributed by atoms with Gasteiger partial charge in [0.15, 0.2) is 5.78 Å². The number of thiophene rings is 1. The van der Waals surface area contributed by atoms with Crippen LogP contribution < -0.4 is 11.2 Å². The van der Waals surface area contributed by atoms with Gasteiger partial charge in [-0.2, -0.15) is 0 Å². The Balaban J connectivity index is 1.80. The number of carbonyl (C=O) groups is 1. The average molecular weight is 429 g/mol. The summed E-state index contributed by atoms with van der Waals surface area (Å²) in [4.78, 5) is 41.2. The van der Waals surface area contributed by atoms with Gasteiger partial charge in [0.1, 0.15) is 10.6 Å². The van der Waals surface area contributed by atoms with Crippen molar-refractivity contribution in [3.05, 3.63) is 90.6 Å². The number of halogens is 2. The van der Waals surface area contributed by atoms with E-state index in [4.69, 9.17) is 11.6 Å². The number of nitrogens with zero attached hydrogens (tertiary/aromatic N) is 1. The molecule has 0 amide bonds. The van der Waals surface area contributed by atoms with E-state index < -0.39 is 29.4 Å². The van der Waals surface area contributed by atoms with Crippen LogP contribution in [0.25, 0.3) is 21.3 Å². The Morgan fingerprint density at radius 3 is 2.59 bits per heavy atom. The fourth-order valence-electron chi connectivity index (χ4n) is 3.09. The highest BCUT2D eigenvalue weighted by Crippen LogP contribution is 2.30. The normalized spacial score (nSPS) is 11.1. The van der Waals surface area contributed by atoms with Gasteiger partial charge in [0.05, 0.1) is 11.9 Å². The maximum absolute atomic E-state index is 13.5. The highest BCUT2D eigenvalue weighted by Gasteiger charge is 2.18. The summed E-state index contributed by atoms with van der Waals surface area (Å²) in [6, 6.07) is 10.9. The number of aromatic amines is 1. The molecule has 0 fully saturated rings. The molecule has 2 aromatic carbocycles. The molecule has 0 radical (unpaired) electrons. The maximum atomic E-state index is 13.5. The summed E-state index contributed by atoms with van der Waals surface area (Å²) in [6.45, 7) is 1.10. The zero-order valence-electron chi connectivity index (χ0n) is 15.2. The number of benzene rings is 2. The molecule has 8 heteroatoms. The molecule has 0 saturated carbocycles. The molecule has 0 aliphatic heterocycles. The number of Topliss-reactive ketones (excluding diaryl/α,β-unsaturated/α-hetero) is 1. The van der Waals surface area contributed by atoms with Crippen LogP contribution in [0.2, 0.25) is 5.02 Å². The molecular weight excluding hydrogens is 415 g/mol. The molecule has 146 valence electrons. The van der Waals surface area contributed by atoms with Crippen LogP contribution in [0.15, 0.2) is 57.4 Å². The largest absolute Gasteiger partial charge is 0.329 e. The van der Waals surface area contributed by atoms with E-state index >= 15 is 0 Å². The Morgan fingerprint density at radius 1 is 1.17 bits per heavy atom. The summed E-state index contributed by atoms with van der Waals surface area (Å²) in [5, 5.41) is 2.68. The van der Waals surface area contributed by atoms with Gasteiger partial charge in [-0.3, -0.25) is 19.1 Å². The summed E-state index contributed by atoms with van der Waals surface area (Å²) < 4.78 is 14.3. The zero-order chi connectivity index (χ0) is 20.7. The summed E-state index contributed by atoms with van der Waals surface area (Å²) in [5.41, 5.74) is 0.758. The minimum absolute atomic E-state index is 0.235. The lowest BCUT2D eigenvalue weighted by molar-refractivity contribution is 0.0969. The van der Waals surface area contributed by atoms with Crippen molar-refractivity contribution in [2.45, 2.75) is 13.5 Å². The van der Waals surface area contributed by atoms with Crippen LogP contribution >= 0.6 is 22.9 Å². The highest BCUT2D eigenvalue weighted by molar-refractivity contribution is 7.17. The van der Waals surface area contributed by atoms with Crippen molar-refractivity contribution >= 4 is 38.9 Å². The van der Waals surface area contributed by atoms with E-state index in [1.165, 1.54) is 29.5 Å². The van der Waals surface area contributed by atoms with E-state index in [9.17, 15) is 18.8 Å². The average Bonchev–Trinajstić information content (AvgIpc) is 3.11. The van der Waals surface area contributed by atoms with E-state index in [0.29, 0.717) is 26.4 Å². The fourth-order valence-corrected chi connectivity index (χ4v) is 4.17. The lowest BCUT2D eigenvalue weighted by Gasteiger charge is -2.07. The van der Waals surface area contributed by atoms with Crippen LogP contribution in [0.3, 0.4) is 0 Å². The molecule has 29 heavy (non-hydrogen) atoms. The lowest BCUT2D eigenvalue weighted by Crippen LogP contribution is -2.37. The molecule has 2 heterocycles. The molecule has 0 bridgehead atoms. The second-order valence-electron chi connectivity index (χ2n) is 6.57. The van der Waals surface area contributed by atoms with Crippen molar-refractivity contribution in [2.24, 2.45) is 0 Å². The summed E-state index contributed by atoms with van der Waals surface area (Å²) in [6.07, 6.45) is 0. The second-order valence-corrected chi connectivity index (χ2v) is 7.89. The van der Waals surface area contributed by atoms with Gasteiger partial charge in [0.2, 0.25) is 0 Å².